The van der Waals surface area contributed by atoms with E-state index in [1.807, 2.05) is 56.4 Å². The van der Waals surface area contributed by atoms with E-state index in [9.17, 15) is 9.90 Å². The lowest BCUT2D eigenvalue weighted by Gasteiger charge is -2.19. The number of Topliss-reactive ketones (excluding diaryl/α,β-unsaturated/α-hetero) is 1. The van der Waals surface area contributed by atoms with Gasteiger partial charge in [0.1, 0.15) is 5.75 Å². The summed E-state index contributed by atoms with van der Waals surface area (Å²) in [5, 5.41) is 18.5. The number of aromatic hydroxyl groups is 1. The van der Waals surface area contributed by atoms with E-state index in [4.69, 9.17) is 11.1 Å². The number of nitrogens with two attached hydrogens (primary N) is 1. The fraction of sp³-hybridized carbons (Fsp3) is 0.158. The zero-order chi connectivity index (χ0) is 18.7. The molecule has 130 valence electrons. The Hall–Kier alpha value is -2.44. The van der Waals surface area contributed by atoms with Gasteiger partial charge in [-0.2, -0.15) is 0 Å². The van der Waals surface area contributed by atoms with E-state index in [0.29, 0.717) is 5.56 Å². The summed E-state index contributed by atoms with van der Waals surface area (Å²) in [6.07, 6.45) is 1.37. The summed E-state index contributed by atoms with van der Waals surface area (Å²) in [6, 6.07) is 10.8. The number of hydrogen-bond acceptors (Lipinski definition) is 5. The van der Waals surface area contributed by atoms with Crippen molar-refractivity contribution in [1.29, 1.82) is 5.41 Å². The summed E-state index contributed by atoms with van der Waals surface area (Å²) >= 11 is 3.12. The zero-order valence-electron chi connectivity index (χ0n) is 14.3. The number of nitrogen functional groups attached to an aromatic ring is 1. The lowest BCUT2D eigenvalue weighted by atomic mass is 9.88. The van der Waals surface area contributed by atoms with Crippen molar-refractivity contribution in [3.05, 3.63) is 58.1 Å². The van der Waals surface area contributed by atoms with Gasteiger partial charge < -0.3 is 21.1 Å². The number of nitrogens with one attached hydrogen (secondary N) is 1. The number of benzene rings is 2. The first kappa shape index (κ1) is 18.9. The maximum Gasteiger partial charge on any atom is 0.202 e. The van der Waals surface area contributed by atoms with E-state index < -0.39 is 0 Å². The summed E-state index contributed by atoms with van der Waals surface area (Å²) in [5.74, 6) is -0.423. The summed E-state index contributed by atoms with van der Waals surface area (Å²) in [6.45, 7) is 0. The minimum atomic E-state index is -0.326. The van der Waals surface area contributed by atoms with E-state index in [2.05, 4.69) is 15.9 Å². The number of allylic oxidation sites excluding steroid dienone is 2. The summed E-state index contributed by atoms with van der Waals surface area (Å²) in [4.78, 5) is 14.2. The highest BCUT2D eigenvalue weighted by molar-refractivity contribution is 9.12. The predicted molar refractivity (Wildman–Crippen MR) is 106 cm³/mol. The average molecular weight is 402 g/mol. The van der Waals surface area contributed by atoms with Gasteiger partial charge in [-0.15, -0.1) is 0 Å². The Balaban J connectivity index is 0.000000511. The molecule has 0 saturated carbocycles. The second kappa shape index (κ2) is 7.63. The molecule has 0 atom stereocenters. The van der Waals surface area contributed by atoms with Crippen molar-refractivity contribution in [2.75, 3.05) is 26.9 Å². The third kappa shape index (κ3) is 3.97. The quantitative estimate of drug-likeness (QED) is 0.502. The first-order valence-electron chi connectivity index (χ1n) is 7.56. The van der Waals surface area contributed by atoms with Crippen molar-refractivity contribution in [2.24, 2.45) is 0 Å². The molecular formula is C19H20BrN3O2. The predicted octanol–water partition coefficient (Wildman–Crippen LogP) is 3.66. The number of ketones is 1. The Morgan fingerprint density at radius 1 is 1.12 bits per heavy atom. The molecule has 0 bridgehead atoms. The number of halogens is 1. The number of carbonyl (C=O) groups is 1. The van der Waals surface area contributed by atoms with Crippen LogP contribution < -0.4 is 5.73 Å². The monoisotopic (exact) mass is 401 g/mol. The van der Waals surface area contributed by atoms with Crippen LogP contribution in [0, 0.1) is 5.41 Å². The van der Waals surface area contributed by atoms with Crippen molar-refractivity contribution in [2.45, 2.75) is 0 Å². The van der Waals surface area contributed by atoms with Crippen LogP contribution in [0.25, 0.3) is 11.1 Å². The van der Waals surface area contributed by atoms with E-state index in [0.717, 1.165) is 5.56 Å². The van der Waals surface area contributed by atoms with E-state index in [1.54, 1.807) is 6.07 Å². The number of phenolic OH excluding ortho intramolecular Hbond substituents is 1. The van der Waals surface area contributed by atoms with Gasteiger partial charge in [0.15, 0.2) is 0 Å². The molecule has 0 heterocycles. The van der Waals surface area contributed by atoms with Crippen molar-refractivity contribution in [3.8, 4) is 16.9 Å². The number of fused-ring (bicyclic) bond motifs is 1. The number of carbonyl (C=O) groups excluding carboxylic acids is 1. The van der Waals surface area contributed by atoms with Gasteiger partial charge in [-0.1, -0.05) is 30.3 Å². The van der Waals surface area contributed by atoms with E-state index >= 15 is 0 Å². The van der Waals surface area contributed by atoms with Crippen molar-refractivity contribution >= 4 is 33.1 Å². The molecule has 4 N–H and O–H groups in total. The molecule has 1 aliphatic carbocycles. The maximum atomic E-state index is 12.2. The van der Waals surface area contributed by atoms with Gasteiger partial charge in [-0.05, 0) is 54.8 Å². The van der Waals surface area contributed by atoms with Crippen LogP contribution in [0.4, 0.5) is 5.69 Å². The molecule has 1 aliphatic rings. The SMILES string of the molecule is CN(C)C.N=C1C=C(Br)C(=O)c2c(N)cc(-c3ccccc3)c(O)c21. The molecule has 0 aliphatic heterocycles. The normalized spacial score (nSPS) is 13.1. The molecule has 0 unspecified atom stereocenters. The van der Waals surface area contributed by atoms with Crippen LogP contribution >= 0.6 is 15.9 Å². The Morgan fingerprint density at radius 2 is 1.68 bits per heavy atom. The van der Waals surface area contributed by atoms with Gasteiger partial charge in [-0.25, -0.2) is 0 Å². The molecule has 2 aromatic rings. The Morgan fingerprint density at radius 3 is 2.24 bits per heavy atom. The fourth-order valence-electron chi connectivity index (χ4n) is 2.42. The molecule has 0 radical (unpaired) electrons. The van der Waals surface area contributed by atoms with Gasteiger partial charge in [0.05, 0.1) is 21.3 Å². The Labute approximate surface area is 155 Å². The summed E-state index contributed by atoms with van der Waals surface area (Å²) < 4.78 is 0.263. The van der Waals surface area contributed by atoms with Crippen LogP contribution in [0.2, 0.25) is 0 Å². The van der Waals surface area contributed by atoms with Crippen LogP contribution in [-0.2, 0) is 0 Å². The highest BCUT2D eigenvalue weighted by Crippen LogP contribution is 2.41. The molecule has 0 fully saturated rings. The standard InChI is InChI=1S/C16H11BrN2O2.C3H9N/c17-10-7-12(19)13-14(16(10)21)11(18)6-9(15(13)20)8-4-2-1-3-5-8;1-4(2)3/h1-7,19-20H,18H2;1-3H3. The van der Waals surface area contributed by atoms with Crippen LogP contribution in [-0.4, -0.2) is 42.6 Å². The average Bonchev–Trinajstić information content (AvgIpc) is 2.54. The third-order valence-electron chi connectivity index (χ3n) is 3.40. The molecular weight excluding hydrogens is 382 g/mol. The van der Waals surface area contributed by atoms with Crippen LogP contribution in [0.5, 0.6) is 5.75 Å². The molecule has 25 heavy (non-hydrogen) atoms. The molecule has 3 rings (SSSR count). The largest absolute Gasteiger partial charge is 0.507 e. The molecule has 0 aromatic heterocycles. The number of hydrogen-bond donors (Lipinski definition) is 3. The molecule has 0 saturated heterocycles. The molecule has 5 nitrogen and oxygen atoms in total. The third-order valence-corrected chi connectivity index (χ3v) is 3.99. The Bertz CT molecular complexity index is 856. The van der Waals surface area contributed by atoms with E-state index in [-0.39, 0.29) is 38.5 Å². The minimum Gasteiger partial charge on any atom is -0.507 e. The molecule has 6 heteroatoms. The van der Waals surface area contributed by atoms with Crippen LogP contribution in [0.1, 0.15) is 15.9 Å². The van der Waals surface area contributed by atoms with Crippen LogP contribution in [0.3, 0.4) is 0 Å². The van der Waals surface area contributed by atoms with Crippen molar-refractivity contribution in [1.82, 2.24) is 4.90 Å². The number of rotatable bonds is 1. The first-order chi connectivity index (χ1) is 11.7. The number of phenols is 1. The van der Waals surface area contributed by atoms with Gasteiger partial charge in [-0.3, -0.25) is 4.79 Å². The minimum absolute atomic E-state index is 0.0541. The zero-order valence-corrected chi connectivity index (χ0v) is 15.9. The second-order valence-corrected chi connectivity index (χ2v) is 6.91. The summed E-state index contributed by atoms with van der Waals surface area (Å²) in [7, 11) is 6.00. The van der Waals surface area contributed by atoms with E-state index in [1.165, 1.54) is 6.08 Å². The van der Waals surface area contributed by atoms with Crippen LogP contribution in [0.15, 0.2) is 47.0 Å². The highest BCUT2D eigenvalue weighted by Gasteiger charge is 2.29. The Kier molecular flexibility index (Phi) is 5.77. The van der Waals surface area contributed by atoms with Gasteiger partial charge >= 0.3 is 0 Å². The number of anilines is 1. The topological polar surface area (TPSA) is 90.4 Å². The first-order valence-corrected chi connectivity index (χ1v) is 8.36. The van der Waals surface area contributed by atoms with Gasteiger partial charge in [0, 0.05) is 11.3 Å². The van der Waals surface area contributed by atoms with Gasteiger partial charge in [0.25, 0.3) is 0 Å². The highest BCUT2D eigenvalue weighted by atomic mass is 79.9. The maximum absolute atomic E-state index is 12.2. The fourth-order valence-corrected chi connectivity index (χ4v) is 2.85. The number of nitrogens with zero attached hydrogens (tertiary/aromatic N) is 1. The molecule has 0 amide bonds. The lowest BCUT2D eigenvalue weighted by Crippen LogP contribution is -2.17. The molecule has 2 aromatic carbocycles. The van der Waals surface area contributed by atoms with Crippen molar-refractivity contribution in [3.63, 3.8) is 0 Å². The lowest BCUT2D eigenvalue weighted by molar-refractivity contribution is 0.104. The smallest absolute Gasteiger partial charge is 0.202 e. The van der Waals surface area contributed by atoms with Gasteiger partial charge in [0.2, 0.25) is 5.78 Å². The van der Waals surface area contributed by atoms with Crippen molar-refractivity contribution < 1.29 is 9.90 Å². The second-order valence-electron chi connectivity index (χ2n) is 6.05. The molecule has 0 spiro atoms. The summed E-state index contributed by atoms with van der Waals surface area (Å²) in [5.41, 5.74) is 7.93.